The number of aliphatic hydroxyl groups is 2. The summed E-state index contributed by atoms with van der Waals surface area (Å²) in [5.74, 6) is 6.32. The number of aliphatic hydroxyl groups excluding tert-OH is 2. The smallest absolute Gasteiger partial charge is 0.183 e. The maximum atomic E-state index is 13.5. The van der Waals surface area contributed by atoms with Crippen LogP contribution in [-0.4, -0.2) is 57.6 Å². The molecule has 5 atom stereocenters. The van der Waals surface area contributed by atoms with Crippen LogP contribution < -0.4 is 15.8 Å². The zero-order valence-electron chi connectivity index (χ0n) is 30.2. The molecule has 6 N–H and O–H groups in total. The molecule has 272 valence electrons. The highest BCUT2D eigenvalue weighted by Crippen LogP contribution is 2.38. The molecule has 0 aliphatic carbocycles. The molecular weight excluding hydrogens is 640 g/mol. The van der Waals surface area contributed by atoms with E-state index in [1.807, 2.05) is 30.6 Å². The number of aryl methyl sites for hydroxylation is 1. The lowest BCUT2D eigenvalue weighted by Crippen LogP contribution is -2.36. The number of Topliss-reactive ketones (excluding diaryl/α,β-unsaturated/α-hetero) is 1. The lowest BCUT2D eigenvalue weighted by Gasteiger charge is -2.29. The highest BCUT2D eigenvalue weighted by molar-refractivity contribution is 5.88. The van der Waals surface area contributed by atoms with Crippen molar-refractivity contribution >= 4 is 12.0 Å². The second-order valence-corrected chi connectivity index (χ2v) is 14.4. The number of phenolic OH excluding ortho intramolecular Hbond substituents is 1. The summed E-state index contributed by atoms with van der Waals surface area (Å²) >= 11 is 0. The van der Waals surface area contributed by atoms with E-state index >= 15 is 0 Å². The predicted molar refractivity (Wildman–Crippen MR) is 200 cm³/mol. The second-order valence-electron chi connectivity index (χ2n) is 14.4. The molecule has 0 aromatic heterocycles. The van der Waals surface area contributed by atoms with Crippen molar-refractivity contribution in [1.82, 2.24) is 10.2 Å². The van der Waals surface area contributed by atoms with Gasteiger partial charge in [-0.1, -0.05) is 82.4 Å². The van der Waals surface area contributed by atoms with Gasteiger partial charge in [-0.2, -0.15) is 0 Å². The summed E-state index contributed by atoms with van der Waals surface area (Å²) in [4.78, 5) is 20.3. The van der Waals surface area contributed by atoms with Crippen molar-refractivity contribution in [3.8, 4) is 23.3 Å². The Morgan fingerprint density at radius 1 is 1.10 bits per heavy atom. The molecule has 2 bridgehead atoms. The minimum Gasteiger partial charge on any atom is -0.504 e. The fourth-order valence-electron chi connectivity index (χ4n) is 7.86. The molecule has 0 saturated heterocycles. The van der Waals surface area contributed by atoms with Gasteiger partial charge in [-0.25, -0.2) is 0 Å². The number of carbonyl (C=O) groups is 1. The third-order valence-corrected chi connectivity index (χ3v) is 10.9. The number of ketones is 1. The number of nitrogens with two attached hydrogens (primary N) is 1. The van der Waals surface area contributed by atoms with Crippen LogP contribution in [0.4, 0.5) is 0 Å². The maximum Gasteiger partial charge on any atom is 0.183 e. The molecule has 2 aromatic rings. The van der Waals surface area contributed by atoms with Gasteiger partial charge in [0.25, 0.3) is 0 Å². The van der Waals surface area contributed by atoms with Crippen molar-refractivity contribution in [2.45, 2.75) is 122 Å². The van der Waals surface area contributed by atoms with Crippen LogP contribution in [0.15, 0.2) is 58.4 Å². The first kappa shape index (κ1) is 36.8. The van der Waals surface area contributed by atoms with Gasteiger partial charge in [0.1, 0.15) is 11.9 Å². The van der Waals surface area contributed by atoms with Crippen LogP contribution >= 0.6 is 0 Å². The van der Waals surface area contributed by atoms with E-state index in [9.17, 15) is 20.1 Å². The van der Waals surface area contributed by atoms with Crippen LogP contribution in [0, 0.1) is 17.8 Å². The number of ether oxygens (including phenoxy) is 1. The molecule has 0 spiro atoms. The maximum absolute atomic E-state index is 13.5. The third kappa shape index (κ3) is 8.58. The van der Waals surface area contributed by atoms with E-state index in [2.05, 4.69) is 35.9 Å². The number of carbonyl (C=O) groups excluding carboxylic acids is 1. The van der Waals surface area contributed by atoms with Gasteiger partial charge in [-0.3, -0.25) is 15.1 Å². The van der Waals surface area contributed by atoms with E-state index in [0.29, 0.717) is 44.4 Å². The monoisotopic (exact) mass is 694 g/mol. The Morgan fingerprint density at radius 3 is 2.69 bits per heavy atom. The van der Waals surface area contributed by atoms with Gasteiger partial charge in [0.05, 0.1) is 24.4 Å². The summed E-state index contributed by atoms with van der Waals surface area (Å²) in [6, 6.07) is 9.19. The van der Waals surface area contributed by atoms with Gasteiger partial charge in [0.2, 0.25) is 0 Å². The first-order chi connectivity index (χ1) is 24.8. The number of benzene rings is 2. The molecule has 0 amide bonds. The Kier molecular flexibility index (Phi) is 12.3. The van der Waals surface area contributed by atoms with E-state index in [0.717, 1.165) is 90.6 Å². The second kappa shape index (κ2) is 17.1. The summed E-state index contributed by atoms with van der Waals surface area (Å²) in [5, 5.41) is 36.5. The van der Waals surface area contributed by atoms with E-state index in [1.165, 1.54) is 5.56 Å². The van der Waals surface area contributed by atoms with Crippen LogP contribution in [0.3, 0.4) is 0 Å². The zero-order chi connectivity index (χ0) is 35.9. The zero-order valence-corrected chi connectivity index (χ0v) is 30.2. The Bertz CT molecular complexity index is 1740. The van der Waals surface area contributed by atoms with Crippen LogP contribution in [0.5, 0.6) is 11.5 Å². The molecule has 2 aromatic carbocycles. The number of hydrogen-bond acceptors (Lipinski definition) is 9. The fourth-order valence-corrected chi connectivity index (χ4v) is 7.86. The van der Waals surface area contributed by atoms with Gasteiger partial charge >= 0.3 is 0 Å². The average molecular weight is 695 g/mol. The number of unbranched alkanes of at least 4 members (excludes halogenated alkanes) is 4. The van der Waals surface area contributed by atoms with Crippen molar-refractivity contribution in [3.05, 3.63) is 81.2 Å². The van der Waals surface area contributed by atoms with Crippen LogP contribution in [0.25, 0.3) is 0 Å². The number of phenols is 1. The largest absolute Gasteiger partial charge is 0.504 e. The van der Waals surface area contributed by atoms with Gasteiger partial charge in [-0.15, -0.1) is 0 Å². The summed E-state index contributed by atoms with van der Waals surface area (Å²) in [7, 11) is 0. The van der Waals surface area contributed by atoms with Crippen molar-refractivity contribution in [3.63, 3.8) is 0 Å². The molecule has 0 saturated carbocycles. The van der Waals surface area contributed by atoms with Gasteiger partial charge in [-0.05, 0) is 71.2 Å². The first-order valence-electron chi connectivity index (χ1n) is 19.0. The molecule has 4 aliphatic heterocycles. The topological polar surface area (TPSA) is 141 Å². The summed E-state index contributed by atoms with van der Waals surface area (Å²) in [6.45, 7) is 5.64. The minimum absolute atomic E-state index is 0.00402. The van der Waals surface area contributed by atoms with E-state index in [4.69, 9.17) is 15.5 Å². The van der Waals surface area contributed by atoms with E-state index < -0.39 is 18.4 Å². The molecule has 0 fully saturated rings. The molecule has 4 aliphatic rings. The van der Waals surface area contributed by atoms with Crippen molar-refractivity contribution < 1.29 is 24.9 Å². The van der Waals surface area contributed by atoms with Crippen LogP contribution in [-0.2, 0) is 24.1 Å². The van der Waals surface area contributed by atoms with E-state index in [-0.39, 0.29) is 30.0 Å². The van der Waals surface area contributed by atoms with Crippen LogP contribution in [0.2, 0.25) is 0 Å². The van der Waals surface area contributed by atoms with Gasteiger partial charge in [0, 0.05) is 49.8 Å². The number of aromatic hydroxyl groups is 1. The van der Waals surface area contributed by atoms with E-state index in [1.54, 1.807) is 12.1 Å². The van der Waals surface area contributed by atoms with Crippen molar-refractivity contribution in [2.75, 3.05) is 13.1 Å². The number of allylic oxidation sites excluding steroid dienone is 1. The highest BCUT2D eigenvalue weighted by Gasteiger charge is 2.32. The SMILES string of the molecule is CCCCCC(O)C(CCCCC)C(=O)CCc1ccc(O)c(OC2CC#CC(O)c3ccc4c(c3CC3=C5CN2C=C5N=C3)CCNC4N)c1. The molecule has 9 heteroatoms. The molecule has 5 unspecified atom stereocenters. The highest BCUT2D eigenvalue weighted by atomic mass is 16.5. The molecule has 4 heterocycles. The molecule has 6 rings (SSSR count). The Hall–Kier alpha value is -3.94. The third-order valence-electron chi connectivity index (χ3n) is 10.9. The summed E-state index contributed by atoms with van der Waals surface area (Å²) < 4.78 is 6.50. The minimum atomic E-state index is -0.981. The number of rotatable bonds is 15. The summed E-state index contributed by atoms with van der Waals surface area (Å²) in [6.07, 6.45) is 11.6. The predicted octanol–water partition coefficient (Wildman–Crippen LogP) is 6.06. The quantitative estimate of drug-likeness (QED) is 0.112. The fraction of sp³-hybridized carbons (Fsp3) is 0.524. The molecular formula is C42H54N4O5. The number of hydrogen-bond donors (Lipinski definition) is 5. The number of nitrogens with zero attached hydrogens (tertiary/aromatic N) is 2. The van der Waals surface area contributed by atoms with Gasteiger partial charge < -0.3 is 30.7 Å². The number of fused-ring (bicyclic) bond motifs is 4. The summed E-state index contributed by atoms with van der Waals surface area (Å²) in [5.41, 5.74) is 14.5. The average Bonchev–Trinajstić information content (AvgIpc) is 3.71. The van der Waals surface area contributed by atoms with Crippen LogP contribution in [0.1, 0.15) is 118 Å². The molecule has 51 heavy (non-hydrogen) atoms. The Balaban J connectivity index is 1.20. The number of aliphatic imine (C=N–C) groups is 1. The Labute approximate surface area is 302 Å². The molecule has 0 radical (unpaired) electrons. The molecule has 9 nitrogen and oxygen atoms in total. The Morgan fingerprint density at radius 2 is 1.88 bits per heavy atom. The number of nitrogens with one attached hydrogen (secondary N) is 1. The lowest BCUT2D eigenvalue weighted by molar-refractivity contribution is -0.126. The lowest BCUT2D eigenvalue weighted by atomic mass is 9.85. The van der Waals surface area contributed by atoms with Crippen molar-refractivity contribution in [1.29, 1.82) is 0 Å². The van der Waals surface area contributed by atoms with Crippen molar-refractivity contribution in [2.24, 2.45) is 16.6 Å². The van der Waals surface area contributed by atoms with Gasteiger partial charge in [0.15, 0.2) is 17.7 Å². The standard InChI is InChI=1S/C42H54N4O5/c1-3-5-7-10-32(37(48)11-8-6-4-2)38(49)18-14-27-15-19-39(50)40(22-27)51-41-13-9-12-36(47)30-16-17-31-29(20-21-44-42(31)43)33(30)23-28-24-45-35-26-46(41)25-34(28)35/h15-17,19,22,24,26,32,36-37,41-42,44,47-48,50H,3-8,10-11,13-14,18,20-21,23,25,43H2,1-2H3. The normalized spacial score (nSPS) is 21.9. The first-order valence-corrected chi connectivity index (χ1v) is 19.0.